The zero-order chi connectivity index (χ0) is 12.6. The zero-order valence-electron chi connectivity index (χ0n) is 7.19. The molecular formula is C7H2F7N2. The lowest BCUT2D eigenvalue weighted by atomic mass is 10.0. The Balaban J connectivity index is 3.39. The molecule has 2 nitrogen and oxygen atoms in total. The Bertz CT molecular complexity index is 341. The van der Waals surface area contributed by atoms with E-state index in [4.69, 9.17) is 0 Å². The Morgan fingerprint density at radius 3 is 1.75 bits per heavy atom. The van der Waals surface area contributed by atoms with Crippen LogP contribution in [-0.4, -0.2) is 22.3 Å². The van der Waals surface area contributed by atoms with Gasteiger partial charge >= 0.3 is 18.0 Å². The highest BCUT2D eigenvalue weighted by molar-refractivity contribution is 5.16. The van der Waals surface area contributed by atoms with Crippen LogP contribution in [0.4, 0.5) is 30.7 Å². The largest absolute Gasteiger partial charge is 0.437 e. The van der Waals surface area contributed by atoms with Crippen molar-refractivity contribution in [3.05, 3.63) is 24.3 Å². The lowest BCUT2D eigenvalue weighted by Gasteiger charge is -2.28. The van der Waals surface area contributed by atoms with E-state index >= 15 is 0 Å². The molecule has 0 spiro atoms. The summed E-state index contributed by atoms with van der Waals surface area (Å²) in [5.74, 6) is 0. The molecule has 0 aromatic carbocycles. The van der Waals surface area contributed by atoms with Gasteiger partial charge in [-0.15, -0.1) is 0 Å². The van der Waals surface area contributed by atoms with Gasteiger partial charge in [0.25, 0.3) is 0 Å². The summed E-state index contributed by atoms with van der Waals surface area (Å²) in [5.41, 5.74) is -7.36. The zero-order valence-corrected chi connectivity index (χ0v) is 7.19. The lowest BCUT2D eigenvalue weighted by molar-refractivity contribution is -0.350. The predicted octanol–water partition coefficient (Wildman–Crippen LogP) is 2.57. The fourth-order valence-electron chi connectivity index (χ4n) is 0.904. The Labute approximate surface area is 84.1 Å². The van der Waals surface area contributed by atoms with Crippen molar-refractivity contribution in [2.75, 3.05) is 0 Å². The van der Waals surface area contributed by atoms with Gasteiger partial charge in [0, 0.05) is 6.20 Å². The van der Waals surface area contributed by atoms with Crippen molar-refractivity contribution in [3.63, 3.8) is 0 Å². The van der Waals surface area contributed by atoms with E-state index in [1.54, 1.807) is 0 Å². The van der Waals surface area contributed by atoms with E-state index in [9.17, 15) is 30.7 Å². The van der Waals surface area contributed by atoms with E-state index in [2.05, 4.69) is 9.97 Å². The van der Waals surface area contributed by atoms with Gasteiger partial charge < -0.3 is 0 Å². The minimum absolute atomic E-state index is 0.192. The van der Waals surface area contributed by atoms with E-state index in [0.29, 0.717) is 6.20 Å². The molecule has 0 bridgehead atoms. The van der Waals surface area contributed by atoms with Gasteiger partial charge in [0.15, 0.2) is 6.33 Å². The van der Waals surface area contributed by atoms with Crippen LogP contribution in [0.2, 0.25) is 0 Å². The number of aromatic nitrogens is 2. The van der Waals surface area contributed by atoms with E-state index in [1.807, 2.05) is 0 Å². The van der Waals surface area contributed by atoms with Gasteiger partial charge in [0.2, 0.25) is 0 Å². The topological polar surface area (TPSA) is 25.8 Å². The molecule has 1 aromatic heterocycles. The SMILES string of the molecule is FC(F)(F)C(F)(c1ccn[c]n1)C(F)(F)F. The highest BCUT2D eigenvalue weighted by Crippen LogP contribution is 2.52. The normalized spacial score (nSPS) is 13.9. The molecule has 89 valence electrons. The maximum atomic E-state index is 13.2. The molecule has 1 aromatic rings. The molecule has 9 heteroatoms. The van der Waals surface area contributed by atoms with E-state index in [-0.39, 0.29) is 6.07 Å². The Kier molecular flexibility index (Phi) is 2.82. The number of halogens is 7. The summed E-state index contributed by atoms with van der Waals surface area (Å²) in [4.78, 5) is 5.52. The molecule has 0 saturated carbocycles. The molecule has 0 fully saturated rings. The van der Waals surface area contributed by atoms with Crippen LogP contribution in [0.3, 0.4) is 0 Å². The molecule has 0 N–H and O–H groups in total. The van der Waals surface area contributed by atoms with Crippen molar-refractivity contribution in [3.8, 4) is 0 Å². The number of rotatable bonds is 1. The predicted molar refractivity (Wildman–Crippen MR) is 35.8 cm³/mol. The summed E-state index contributed by atoms with van der Waals surface area (Å²) in [6, 6.07) is 0.192. The second kappa shape index (κ2) is 3.56. The van der Waals surface area contributed by atoms with E-state index in [0.717, 1.165) is 0 Å². The number of nitrogens with zero attached hydrogens (tertiary/aromatic N) is 2. The third-order valence-electron chi connectivity index (χ3n) is 1.67. The molecule has 16 heavy (non-hydrogen) atoms. The van der Waals surface area contributed by atoms with Gasteiger partial charge in [-0.1, -0.05) is 0 Å². The third kappa shape index (κ3) is 1.81. The first-order valence-electron chi connectivity index (χ1n) is 3.62. The van der Waals surface area contributed by atoms with Crippen molar-refractivity contribution in [2.24, 2.45) is 0 Å². The summed E-state index contributed by atoms with van der Waals surface area (Å²) < 4.78 is 85.9. The summed E-state index contributed by atoms with van der Waals surface area (Å²) in [6.45, 7) is 0. The third-order valence-corrected chi connectivity index (χ3v) is 1.67. The van der Waals surface area contributed by atoms with Crippen LogP contribution in [0, 0.1) is 6.33 Å². The molecule has 1 rings (SSSR count). The van der Waals surface area contributed by atoms with Crippen molar-refractivity contribution >= 4 is 0 Å². The lowest BCUT2D eigenvalue weighted by Crippen LogP contribution is -2.50. The van der Waals surface area contributed by atoms with Crippen molar-refractivity contribution < 1.29 is 30.7 Å². The van der Waals surface area contributed by atoms with Crippen molar-refractivity contribution in [1.29, 1.82) is 0 Å². The Morgan fingerprint density at radius 1 is 0.938 bits per heavy atom. The minimum Gasteiger partial charge on any atom is -0.234 e. The minimum atomic E-state index is -6.16. The number of alkyl halides is 7. The van der Waals surface area contributed by atoms with Gasteiger partial charge in [-0.2, -0.15) is 26.3 Å². The molecule has 0 aliphatic rings. The monoisotopic (exact) mass is 247 g/mol. The molecule has 1 heterocycles. The quantitative estimate of drug-likeness (QED) is 0.713. The molecule has 0 aliphatic carbocycles. The molecule has 0 saturated heterocycles. The van der Waals surface area contributed by atoms with Gasteiger partial charge in [0.1, 0.15) is 5.69 Å². The molecule has 0 amide bonds. The molecule has 0 aliphatic heterocycles. The van der Waals surface area contributed by atoms with E-state index < -0.39 is 23.7 Å². The van der Waals surface area contributed by atoms with Crippen LogP contribution in [0.1, 0.15) is 5.69 Å². The highest BCUT2D eigenvalue weighted by atomic mass is 19.4. The number of hydrogen-bond donors (Lipinski definition) is 0. The Morgan fingerprint density at radius 2 is 1.44 bits per heavy atom. The van der Waals surface area contributed by atoms with Crippen LogP contribution in [0.15, 0.2) is 12.3 Å². The van der Waals surface area contributed by atoms with Crippen molar-refractivity contribution in [2.45, 2.75) is 18.0 Å². The van der Waals surface area contributed by atoms with E-state index in [1.165, 1.54) is 6.33 Å². The van der Waals surface area contributed by atoms with Gasteiger partial charge in [-0.05, 0) is 6.07 Å². The second-order valence-corrected chi connectivity index (χ2v) is 2.70. The number of hydrogen-bond acceptors (Lipinski definition) is 2. The maximum Gasteiger partial charge on any atom is 0.437 e. The van der Waals surface area contributed by atoms with Gasteiger partial charge in [-0.3, -0.25) is 0 Å². The Hall–Kier alpha value is -1.41. The van der Waals surface area contributed by atoms with Gasteiger partial charge in [-0.25, -0.2) is 14.4 Å². The standard InChI is InChI=1S/C7H2F7N2/c8-5(6(9,10)11,7(12,13)14)4-1-2-15-3-16-4/h1-2H. The first-order valence-corrected chi connectivity index (χ1v) is 3.62. The van der Waals surface area contributed by atoms with Crippen LogP contribution in [0.25, 0.3) is 0 Å². The van der Waals surface area contributed by atoms with Crippen LogP contribution >= 0.6 is 0 Å². The summed E-state index contributed by atoms with van der Waals surface area (Å²) in [5, 5.41) is 0. The first-order chi connectivity index (χ1) is 7.11. The van der Waals surface area contributed by atoms with Gasteiger partial charge in [0.05, 0.1) is 0 Å². The maximum absolute atomic E-state index is 13.2. The van der Waals surface area contributed by atoms with Crippen LogP contribution < -0.4 is 0 Å². The smallest absolute Gasteiger partial charge is 0.234 e. The summed E-state index contributed by atoms with van der Waals surface area (Å²) >= 11 is 0. The first kappa shape index (κ1) is 12.7. The fourth-order valence-corrected chi connectivity index (χ4v) is 0.904. The molecule has 0 unspecified atom stereocenters. The molecule has 1 radical (unpaired) electrons. The average Bonchev–Trinajstić information content (AvgIpc) is 2.14. The molecule has 0 atom stereocenters. The van der Waals surface area contributed by atoms with Crippen LogP contribution in [0.5, 0.6) is 0 Å². The van der Waals surface area contributed by atoms with Crippen LogP contribution in [-0.2, 0) is 5.67 Å². The highest BCUT2D eigenvalue weighted by Gasteiger charge is 2.74. The fraction of sp³-hybridized carbons (Fsp3) is 0.429. The second-order valence-electron chi connectivity index (χ2n) is 2.70. The molecular weight excluding hydrogens is 245 g/mol. The summed E-state index contributed by atoms with van der Waals surface area (Å²) in [6.07, 6.45) is -10.3. The average molecular weight is 247 g/mol. The summed E-state index contributed by atoms with van der Waals surface area (Å²) in [7, 11) is 0. The van der Waals surface area contributed by atoms with Crippen molar-refractivity contribution in [1.82, 2.24) is 9.97 Å².